The molecule has 29 heavy (non-hydrogen) atoms. The van der Waals surface area contributed by atoms with Gasteiger partial charge in [-0.15, -0.1) is 0 Å². The molecule has 1 aliphatic rings. The predicted molar refractivity (Wildman–Crippen MR) is 115 cm³/mol. The van der Waals surface area contributed by atoms with Crippen LogP contribution in [0.5, 0.6) is 5.75 Å². The van der Waals surface area contributed by atoms with Gasteiger partial charge in [0.2, 0.25) is 0 Å². The molecule has 0 aliphatic carbocycles. The number of likely N-dealkylation sites (N-methyl/N-ethyl adjacent to an activating group) is 1. The second kappa shape index (κ2) is 10.4. The lowest BCUT2D eigenvalue weighted by atomic mass is 9.93. The molecule has 3 rings (SSSR count). The molecule has 156 valence electrons. The van der Waals surface area contributed by atoms with Crippen molar-refractivity contribution in [2.24, 2.45) is 5.92 Å². The summed E-state index contributed by atoms with van der Waals surface area (Å²) >= 11 is 0. The number of piperidine rings is 1. The molecule has 2 atom stereocenters. The summed E-state index contributed by atoms with van der Waals surface area (Å²) in [5.74, 6) is -0.128. The Labute approximate surface area is 173 Å². The van der Waals surface area contributed by atoms with Crippen molar-refractivity contribution in [2.45, 2.75) is 31.8 Å². The third-order valence-electron chi connectivity index (χ3n) is 5.61. The van der Waals surface area contributed by atoms with Gasteiger partial charge in [0.15, 0.2) is 0 Å². The van der Waals surface area contributed by atoms with Crippen molar-refractivity contribution in [3.8, 4) is 5.75 Å². The van der Waals surface area contributed by atoms with Crippen LogP contribution in [0.1, 0.15) is 24.0 Å². The number of hydrogen-bond donors (Lipinski definition) is 1. The Balaban J connectivity index is 1.52. The molecule has 1 heterocycles. The van der Waals surface area contributed by atoms with E-state index in [1.165, 1.54) is 5.56 Å². The molecular formula is C24H32N2O3. The number of nitrogens with zero attached hydrogens (tertiary/aromatic N) is 2. The summed E-state index contributed by atoms with van der Waals surface area (Å²) in [6, 6.07) is 18.9. The summed E-state index contributed by atoms with van der Waals surface area (Å²) in [6.07, 6.45) is 2.70. The van der Waals surface area contributed by atoms with Gasteiger partial charge in [-0.1, -0.05) is 42.5 Å². The SMILES string of the molecule is CN(C)C1CC(C(=O)O)CN(Cc2cccc(OCCCc3ccccc3)c2)C1. The smallest absolute Gasteiger partial charge is 0.307 e. The number of aryl methyl sites for hydroxylation is 1. The fraction of sp³-hybridized carbons (Fsp3) is 0.458. The maximum atomic E-state index is 11.6. The predicted octanol–water partition coefficient (Wildman–Crippen LogP) is 3.53. The van der Waals surface area contributed by atoms with E-state index in [-0.39, 0.29) is 12.0 Å². The van der Waals surface area contributed by atoms with Crippen LogP contribution >= 0.6 is 0 Å². The van der Waals surface area contributed by atoms with Gasteiger partial charge in [0.1, 0.15) is 5.75 Å². The Morgan fingerprint density at radius 2 is 1.86 bits per heavy atom. The van der Waals surface area contributed by atoms with E-state index in [2.05, 4.69) is 46.2 Å². The summed E-state index contributed by atoms with van der Waals surface area (Å²) in [7, 11) is 4.05. The number of ether oxygens (including phenoxy) is 1. The minimum atomic E-state index is -0.697. The molecule has 2 aromatic rings. The molecule has 0 radical (unpaired) electrons. The molecule has 1 N–H and O–H groups in total. The lowest BCUT2D eigenvalue weighted by Gasteiger charge is -2.39. The van der Waals surface area contributed by atoms with Crippen LogP contribution in [0.2, 0.25) is 0 Å². The second-order valence-corrected chi connectivity index (χ2v) is 8.17. The van der Waals surface area contributed by atoms with E-state index in [9.17, 15) is 9.90 Å². The van der Waals surface area contributed by atoms with Gasteiger partial charge in [0.05, 0.1) is 12.5 Å². The molecule has 0 spiro atoms. The summed E-state index contributed by atoms with van der Waals surface area (Å²) in [5, 5.41) is 9.50. The minimum absolute atomic E-state index is 0.266. The van der Waals surface area contributed by atoms with Crippen molar-refractivity contribution in [1.29, 1.82) is 0 Å². The van der Waals surface area contributed by atoms with Crippen LogP contribution in [0.4, 0.5) is 0 Å². The number of hydrogen-bond acceptors (Lipinski definition) is 4. The minimum Gasteiger partial charge on any atom is -0.494 e. The Morgan fingerprint density at radius 1 is 1.10 bits per heavy atom. The Bertz CT molecular complexity index is 779. The molecule has 1 saturated heterocycles. The highest BCUT2D eigenvalue weighted by atomic mass is 16.5. The lowest BCUT2D eigenvalue weighted by molar-refractivity contribution is -0.144. The number of likely N-dealkylation sites (tertiary alicyclic amines) is 1. The maximum Gasteiger partial charge on any atom is 0.307 e. The van der Waals surface area contributed by atoms with E-state index in [4.69, 9.17) is 4.74 Å². The van der Waals surface area contributed by atoms with Crippen LogP contribution in [0.3, 0.4) is 0 Å². The first-order chi connectivity index (χ1) is 14.0. The number of carboxylic acids is 1. The van der Waals surface area contributed by atoms with E-state index in [0.29, 0.717) is 19.6 Å². The number of carboxylic acid groups (broad SMARTS) is 1. The molecule has 0 bridgehead atoms. The fourth-order valence-corrected chi connectivity index (χ4v) is 3.95. The van der Waals surface area contributed by atoms with Crippen LogP contribution in [-0.2, 0) is 17.8 Å². The number of carbonyl (C=O) groups is 1. The van der Waals surface area contributed by atoms with Crippen LogP contribution in [0, 0.1) is 5.92 Å². The molecule has 2 aromatic carbocycles. The van der Waals surface area contributed by atoms with Crippen LogP contribution in [-0.4, -0.2) is 60.7 Å². The third kappa shape index (κ3) is 6.58. The van der Waals surface area contributed by atoms with Crippen molar-refractivity contribution >= 4 is 5.97 Å². The summed E-state index contributed by atoms with van der Waals surface area (Å²) < 4.78 is 5.96. The number of benzene rings is 2. The van der Waals surface area contributed by atoms with Crippen molar-refractivity contribution in [3.63, 3.8) is 0 Å². The normalized spacial score (nSPS) is 20.0. The topological polar surface area (TPSA) is 53.0 Å². The van der Waals surface area contributed by atoms with Gasteiger partial charge in [0, 0.05) is 25.7 Å². The van der Waals surface area contributed by atoms with Crippen LogP contribution in [0.25, 0.3) is 0 Å². The van der Waals surface area contributed by atoms with Crippen LogP contribution in [0.15, 0.2) is 54.6 Å². The number of aliphatic carboxylic acids is 1. The third-order valence-corrected chi connectivity index (χ3v) is 5.61. The second-order valence-electron chi connectivity index (χ2n) is 8.17. The summed E-state index contributed by atoms with van der Waals surface area (Å²) in [6.45, 7) is 2.92. The number of rotatable bonds is 9. The Hall–Kier alpha value is -2.37. The van der Waals surface area contributed by atoms with Crippen molar-refractivity contribution in [2.75, 3.05) is 33.8 Å². The van der Waals surface area contributed by atoms with E-state index < -0.39 is 5.97 Å². The standard InChI is InChI=1S/C24H32N2O3/c1-25(2)22-15-21(24(27)28)17-26(18-22)16-20-10-6-12-23(14-20)29-13-7-11-19-8-4-3-5-9-19/h3-6,8-10,12,14,21-22H,7,11,13,15-18H2,1-2H3,(H,27,28). The highest BCUT2D eigenvalue weighted by molar-refractivity contribution is 5.70. The van der Waals surface area contributed by atoms with E-state index in [0.717, 1.165) is 37.2 Å². The first-order valence-electron chi connectivity index (χ1n) is 10.4. The zero-order chi connectivity index (χ0) is 20.6. The molecule has 1 aliphatic heterocycles. The monoisotopic (exact) mass is 396 g/mol. The highest BCUT2D eigenvalue weighted by Gasteiger charge is 2.32. The largest absolute Gasteiger partial charge is 0.494 e. The van der Waals surface area contributed by atoms with Gasteiger partial charge in [-0.2, -0.15) is 0 Å². The first kappa shape index (κ1) is 21.3. The van der Waals surface area contributed by atoms with E-state index in [1.807, 2.05) is 32.3 Å². The van der Waals surface area contributed by atoms with Gasteiger partial charge >= 0.3 is 5.97 Å². The fourth-order valence-electron chi connectivity index (χ4n) is 3.95. The zero-order valence-electron chi connectivity index (χ0n) is 17.5. The summed E-state index contributed by atoms with van der Waals surface area (Å²) in [4.78, 5) is 15.9. The molecule has 0 saturated carbocycles. The molecule has 5 nitrogen and oxygen atoms in total. The Morgan fingerprint density at radius 3 is 2.59 bits per heavy atom. The average molecular weight is 397 g/mol. The lowest BCUT2D eigenvalue weighted by Crippen LogP contribution is -2.50. The first-order valence-corrected chi connectivity index (χ1v) is 10.4. The van der Waals surface area contributed by atoms with Gasteiger partial charge in [-0.3, -0.25) is 9.69 Å². The van der Waals surface area contributed by atoms with Gasteiger partial charge < -0.3 is 14.7 Å². The van der Waals surface area contributed by atoms with Gasteiger partial charge in [-0.05, 0) is 56.6 Å². The van der Waals surface area contributed by atoms with Crippen molar-refractivity contribution in [3.05, 3.63) is 65.7 Å². The highest BCUT2D eigenvalue weighted by Crippen LogP contribution is 2.23. The van der Waals surface area contributed by atoms with Crippen molar-refractivity contribution < 1.29 is 14.6 Å². The molecule has 0 amide bonds. The maximum absolute atomic E-state index is 11.6. The van der Waals surface area contributed by atoms with E-state index in [1.54, 1.807) is 0 Å². The molecule has 5 heteroatoms. The summed E-state index contributed by atoms with van der Waals surface area (Å²) in [5.41, 5.74) is 2.49. The van der Waals surface area contributed by atoms with Crippen LogP contribution < -0.4 is 4.74 Å². The van der Waals surface area contributed by atoms with E-state index >= 15 is 0 Å². The Kier molecular flexibility index (Phi) is 7.67. The van der Waals surface area contributed by atoms with Gasteiger partial charge in [0.25, 0.3) is 0 Å². The van der Waals surface area contributed by atoms with Crippen molar-refractivity contribution in [1.82, 2.24) is 9.80 Å². The van der Waals surface area contributed by atoms with Gasteiger partial charge in [-0.25, -0.2) is 0 Å². The zero-order valence-corrected chi connectivity index (χ0v) is 17.5. The molecule has 2 unspecified atom stereocenters. The molecule has 1 fully saturated rings. The quantitative estimate of drug-likeness (QED) is 0.657. The average Bonchev–Trinajstić information content (AvgIpc) is 2.72. The molecule has 0 aromatic heterocycles. The molecular weight excluding hydrogens is 364 g/mol.